The molecule has 5 rings (SSSR count). The molecule has 0 aromatic heterocycles. The minimum atomic E-state index is -0.135. The molecule has 0 fully saturated rings. The number of benzene rings is 3. The SMILES string of the molecule is O=C(C=Cc1ccccc1)c1ccc(CCC([O-])=C2C=CC=C2)cc1.[Fe+2].[O-]C(C#Cc1ccccc1)=C1C=CC=C1. The molecule has 0 atom stereocenters. The zero-order chi connectivity index (χ0) is 28.0. The molecule has 3 aromatic rings. The van der Waals surface area contributed by atoms with E-state index in [1.807, 2.05) is 127 Å². The second kappa shape index (κ2) is 16.3. The fourth-order valence-corrected chi connectivity index (χ4v) is 3.88. The Morgan fingerprint density at radius 2 is 1.27 bits per heavy atom. The number of aryl methyl sites for hydroxylation is 1. The van der Waals surface area contributed by atoms with Gasteiger partial charge in [0.25, 0.3) is 0 Å². The van der Waals surface area contributed by atoms with Crippen LogP contribution in [0.3, 0.4) is 0 Å². The Labute approximate surface area is 252 Å². The number of ketones is 1. The number of allylic oxidation sites excluding steroid dienone is 13. The van der Waals surface area contributed by atoms with Crippen molar-refractivity contribution in [2.45, 2.75) is 12.8 Å². The standard InChI is InChI=1S/C23H20O2.C14H10O.Fe/c24-22(20-8-4-5-9-20)17-13-19-10-14-21(15-11-19)23(25)16-12-18-6-2-1-3-7-18;15-14(13-8-4-5-9-13)11-10-12-6-2-1-3-7-12;/h1-12,14-16,24H,13,17H2;1-9,15H;/q;;+2/p-2. The zero-order valence-electron chi connectivity index (χ0n) is 22.3. The molecular formula is C37H28FeO3. The topological polar surface area (TPSA) is 63.2 Å². The van der Waals surface area contributed by atoms with Crippen molar-refractivity contribution in [2.75, 3.05) is 0 Å². The molecule has 0 aliphatic heterocycles. The second-order valence-corrected chi connectivity index (χ2v) is 9.02. The van der Waals surface area contributed by atoms with Crippen LogP contribution in [0.25, 0.3) is 6.08 Å². The molecule has 0 bridgehead atoms. The van der Waals surface area contributed by atoms with Gasteiger partial charge >= 0.3 is 17.1 Å². The van der Waals surface area contributed by atoms with Crippen molar-refractivity contribution < 1.29 is 32.1 Å². The molecule has 202 valence electrons. The van der Waals surface area contributed by atoms with Crippen LogP contribution in [0.4, 0.5) is 0 Å². The van der Waals surface area contributed by atoms with Crippen molar-refractivity contribution in [1.29, 1.82) is 0 Å². The fourth-order valence-electron chi connectivity index (χ4n) is 3.88. The Kier molecular flexibility index (Phi) is 12.2. The van der Waals surface area contributed by atoms with Crippen molar-refractivity contribution in [3.05, 3.63) is 185 Å². The van der Waals surface area contributed by atoms with Gasteiger partial charge in [0.15, 0.2) is 5.78 Å². The van der Waals surface area contributed by atoms with Crippen LogP contribution >= 0.6 is 0 Å². The Morgan fingerprint density at radius 1 is 0.707 bits per heavy atom. The van der Waals surface area contributed by atoms with Gasteiger partial charge < -0.3 is 10.2 Å². The number of hydrogen-bond acceptors (Lipinski definition) is 3. The first kappa shape index (κ1) is 30.7. The van der Waals surface area contributed by atoms with E-state index in [1.165, 1.54) is 0 Å². The Hall–Kier alpha value is -4.81. The van der Waals surface area contributed by atoms with Gasteiger partial charge in [0, 0.05) is 11.1 Å². The molecule has 0 N–H and O–H groups in total. The first-order valence-corrected chi connectivity index (χ1v) is 13.0. The molecule has 41 heavy (non-hydrogen) atoms. The number of rotatable bonds is 6. The average Bonchev–Trinajstić information content (AvgIpc) is 3.75. The Balaban J connectivity index is 0.000000248. The summed E-state index contributed by atoms with van der Waals surface area (Å²) >= 11 is 0. The van der Waals surface area contributed by atoms with Gasteiger partial charge in [-0.1, -0.05) is 139 Å². The minimum absolute atomic E-state index is 0. The number of hydrogen-bond donors (Lipinski definition) is 0. The molecule has 0 radical (unpaired) electrons. The van der Waals surface area contributed by atoms with E-state index in [1.54, 1.807) is 18.2 Å². The molecule has 0 unspecified atom stereocenters. The largest absolute Gasteiger partial charge is 2.00 e. The zero-order valence-corrected chi connectivity index (χ0v) is 23.5. The molecule has 0 heterocycles. The maximum absolute atomic E-state index is 12.2. The van der Waals surface area contributed by atoms with Crippen molar-refractivity contribution >= 4 is 11.9 Å². The molecule has 0 spiro atoms. The number of carbonyl (C=O) groups is 1. The maximum atomic E-state index is 12.2. The van der Waals surface area contributed by atoms with Gasteiger partial charge in [-0.25, -0.2) is 0 Å². The quantitative estimate of drug-likeness (QED) is 0.118. The third-order valence-corrected chi connectivity index (χ3v) is 6.11. The molecule has 3 nitrogen and oxygen atoms in total. The van der Waals surface area contributed by atoms with E-state index >= 15 is 0 Å². The Morgan fingerprint density at radius 3 is 1.88 bits per heavy atom. The van der Waals surface area contributed by atoms with Gasteiger partial charge in [0.05, 0.1) is 0 Å². The summed E-state index contributed by atoms with van der Waals surface area (Å²) in [5.74, 6) is 5.43. The van der Waals surface area contributed by atoms with Crippen LogP contribution in [0.2, 0.25) is 0 Å². The van der Waals surface area contributed by atoms with Gasteiger partial charge in [0.1, 0.15) is 0 Å². The van der Waals surface area contributed by atoms with Crippen LogP contribution in [0.5, 0.6) is 0 Å². The van der Waals surface area contributed by atoms with Gasteiger partial charge in [-0.15, -0.1) is 5.76 Å². The number of carbonyl (C=O) groups excluding carboxylic acids is 1. The monoisotopic (exact) mass is 576 g/mol. The van der Waals surface area contributed by atoms with Crippen LogP contribution in [0.1, 0.15) is 33.5 Å². The van der Waals surface area contributed by atoms with Gasteiger partial charge in [-0.05, 0) is 59.1 Å². The van der Waals surface area contributed by atoms with E-state index in [0.717, 1.165) is 22.3 Å². The molecule has 2 aliphatic rings. The van der Waals surface area contributed by atoms with Crippen LogP contribution in [0.15, 0.2) is 162 Å². The first-order valence-electron chi connectivity index (χ1n) is 13.0. The molecule has 0 saturated carbocycles. The molecule has 3 aromatic carbocycles. The maximum Gasteiger partial charge on any atom is 2.00 e. The van der Waals surface area contributed by atoms with Crippen molar-refractivity contribution in [3.63, 3.8) is 0 Å². The summed E-state index contributed by atoms with van der Waals surface area (Å²) in [6.07, 6.45) is 19.2. The normalized spacial score (nSPS) is 12.4. The van der Waals surface area contributed by atoms with E-state index < -0.39 is 0 Å². The summed E-state index contributed by atoms with van der Waals surface area (Å²) in [4.78, 5) is 12.2. The van der Waals surface area contributed by atoms with E-state index in [4.69, 9.17) is 0 Å². The van der Waals surface area contributed by atoms with E-state index in [-0.39, 0.29) is 34.4 Å². The van der Waals surface area contributed by atoms with Crippen molar-refractivity contribution in [2.24, 2.45) is 0 Å². The van der Waals surface area contributed by atoms with Gasteiger partial charge in [-0.2, -0.15) is 0 Å². The first-order chi connectivity index (χ1) is 19.6. The van der Waals surface area contributed by atoms with Crippen LogP contribution in [0, 0.1) is 11.8 Å². The summed E-state index contributed by atoms with van der Waals surface area (Å²) in [6, 6.07) is 26.7. The molecule has 0 saturated heterocycles. The third-order valence-electron chi connectivity index (χ3n) is 6.11. The summed E-state index contributed by atoms with van der Waals surface area (Å²) in [7, 11) is 0. The van der Waals surface area contributed by atoms with Crippen LogP contribution < -0.4 is 10.2 Å². The second-order valence-electron chi connectivity index (χ2n) is 9.02. The van der Waals surface area contributed by atoms with Crippen molar-refractivity contribution in [1.82, 2.24) is 0 Å². The molecular weight excluding hydrogens is 548 g/mol. The predicted octanol–water partition coefficient (Wildman–Crippen LogP) is 6.03. The van der Waals surface area contributed by atoms with E-state index in [2.05, 4.69) is 11.8 Å². The predicted molar refractivity (Wildman–Crippen MR) is 159 cm³/mol. The fraction of sp³-hybridized carbons (Fsp3) is 0.0541. The smallest absolute Gasteiger partial charge is 0.875 e. The third kappa shape index (κ3) is 10.0. The molecule has 4 heteroatoms. The molecule has 2 aliphatic carbocycles. The van der Waals surface area contributed by atoms with Gasteiger partial charge in [-0.3, -0.25) is 4.79 Å². The average molecular weight is 576 g/mol. The van der Waals surface area contributed by atoms with Crippen LogP contribution in [-0.2, 0) is 23.5 Å². The summed E-state index contributed by atoms with van der Waals surface area (Å²) in [5.41, 5.74) is 4.98. The minimum Gasteiger partial charge on any atom is -0.875 e. The van der Waals surface area contributed by atoms with Gasteiger partial charge in [0.2, 0.25) is 0 Å². The summed E-state index contributed by atoms with van der Waals surface area (Å²) in [5, 5.41) is 23.5. The molecule has 0 amide bonds. The van der Waals surface area contributed by atoms with E-state index in [0.29, 0.717) is 24.0 Å². The van der Waals surface area contributed by atoms with Crippen molar-refractivity contribution in [3.8, 4) is 11.8 Å². The van der Waals surface area contributed by atoms with E-state index in [9.17, 15) is 15.0 Å². The summed E-state index contributed by atoms with van der Waals surface area (Å²) < 4.78 is 0. The van der Waals surface area contributed by atoms with Crippen LogP contribution in [-0.4, -0.2) is 5.78 Å². The summed E-state index contributed by atoms with van der Waals surface area (Å²) in [6.45, 7) is 0. The Bertz CT molecular complexity index is 1560.